The molecule has 1 aliphatic heterocycles. The van der Waals surface area contributed by atoms with Crippen molar-refractivity contribution in [2.45, 2.75) is 19.1 Å². The number of benzene rings is 2. The number of fused-ring (bicyclic) bond motifs is 1. The second-order valence-corrected chi connectivity index (χ2v) is 6.47. The lowest BCUT2D eigenvalue weighted by molar-refractivity contribution is 0.235. The van der Waals surface area contributed by atoms with Gasteiger partial charge in [0.05, 0.1) is 25.0 Å². The number of H-pyrrole nitrogens is 1. The fourth-order valence-electron chi connectivity index (χ4n) is 3.18. The van der Waals surface area contributed by atoms with E-state index >= 15 is 0 Å². The number of nitrogens with one attached hydrogen (secondary N) is 3. The summed E-state index contributed by atoms with van der Waals surface area (Å²) in [5.74, 6) is 2.57. The second kappa shape index (κ2) is 9.59. The molecule has 0 fully saturated rings. The summed E-state index contributed by atoms with van der Waals surface area (Å²) >= 11 is 0. The fourth-order valence-corrected chi connectivity index (χ4v) is 3.18. The fraction of sp³-hybridized carbons (Fsp3) is 0.238. The molecule has 2 heterocycles. The Hall–Kier alpha value is -2.55. The van der Waals surface area contributed by atoms with Gasteiger partial charge in [0.2, 0.25) is 0 Å². The number of nitrogens with zero attached hydrogens (tertiary/aromatic N) is 2. The number of rotatable bonds is 5. The molecule has 0 saturated heterocycles. The molecule has 4 rings (SSSR count). The third-order valence-corrected chi connectivity index (χ3v) is 4.57. The summed E-state index contributed by atoms with van der Waals surface area (Å²) < 4.78 is 5.95. The molecule has 1 atom stereocenters. The smallest absolute Gasteiger partial charge is 0.191 e. The number of halogens is 1. The molecule has 0 amide bonds. The van der Waals surface area contributed by atoms with Crippen molar-refractivity contribution in [2.24, 2.45) is 4.99 Å². The zero-order valence-corrected chi connectivity index (χ0v) is 18.0. The van der Waals surface area contributed by atoms with Crippen LogP contribution in [0.25, 0.3) is 11.3 Å². The first-order valence-electron chi connectivity index (χ1n) is 9.10. The van der Waals surface area contributed by atoms with Crippen molar-refractivity contribution in [2.75, 3.05) is 13.6 Å². The van der Waals surface area contributed by atoms with Gasteiger partial charge in [0.25, 0.3) is 0 Å². The van der Waals surface area contributed by atoms with E-state index in [1.54, 1.807) is 7.05 Å². The average molecular weight is 489 g/mol. The number of guanidine groups is 1. The van der Waals surface area contributed by atoms with Gasteiger partial charge in [-0.2, -0.15) is 0 Å². The Bertz CT molecular complexity index is 900. The van der Waals surface area contributed by atoms with E-state index in [2.05, 4.69) is 43.8 Å². The van der Waals surface area contributed by atoms with E-state index in [0.717, 1.165) is 35.2 Å². The number of ether oxygens (including phenoxy) is 1. The van der Waals surface area contributed by atoms with Gasteiger partial charge in [0.1, 0.15) is 17.7 Å². The molecule has 1 aromatic heterocycles. The van der Waals surface area contributed by atoms with Crippen molar-refractivity contribution in [1.82, 2.24) is 20.6 Å². The highest BCUT2D eigenvalue weighted by Crippen LogP contribution is 2.27. The molecular weight excluding hydrogens is 465 g/mol. The maximum atomic E-state index is 5.95. The van der Waals surface area contributed by atoms with Crippen LogP contribution >= 0.6 is 24.0 Å². The number of hydrogen-bond donors (Lipinski definition) is 3. The summed E-state index contributed by atoms with van der Waals surface area (Å²) in [4.78, 5) is 12.1. The van der Waals surface area contributed by atoms with E-state index in [0.29, 0.717) is 13.1 Å². The number of para-hydroxylation sites is 1. The minimum atomic E-state index is 0. The van der Waals surface area contributed by atoms with Crippen LogP contribution in [0.4, 0.5) is 0 Å². The lowest BCUT2D eigenvalue weighted by Gasteiger charge is -2.15. The maximum Gasteiger partial charge on any atom is 0.191 e. The van der Waals surface area contributed by atoms with Gasteiger partial charge in [-0.05, 0) is 17.2 Å². The first-order chi connectivity index (χ1) is 13.3. The van der Waals surface area contributed by atoms with E-state index in [1.165, 1.54) is 5.56 Å². The molecule has 7 heteroatoms. The highest BCUT2D eigenvalue weighted by atomic mass is 127. The van der Waals surface area contributed by atoms with Gasteiger partial charge in [0.15, 0.2) is 5.96 Å². The molecule has 0 spiro atoms. The van der Waals surface area contributed by atoms with Crippen LogP contribution in [0, 0.1) is 0 Å². The first kappa shape index (κ1) is 20.2. The molecule has 2 aromatic carbocycles. The number of aromatic nitrogens is 2. The Morgan fingerprint density at radius 1 is 1.14 bits per heavy atom. The van der Waals surface area contributed by atoms with Crippen LogP contribution in [0.5, 0.6) is 5.75 Å². The van der Waals surface area contributed by atoms with E-state index in [1.807, 2.05) is 42.6 Å². The molecule has 1 unspecified atom stereocenters. The van der Waals surface area contributed by atoms with E-state index in [9.17, 15) is 0 Å². The lowest BCUT2D eigenvalue weighted by Crippen LogP contribution is -2.42. The van der Waals surface area contributed by atoms with Crippen LogP contribution in [0.15, 0.2) is 65.8 Å². The second-order valence-electron chi connectivity index (χ2n) is 6.47. The van der Waals surface area contributed by atoms with Gasteiger partial charge in [-0.3, -0.25) is 4.99 Å². The molecule has 28 heavy (non-hydrogen) atoms. The van der Waals surface area contributed by atoms with E-state index in [-0.39, 0.29) is 30.1 Å². The lowest BCUT2D eigenvalue weighted by atomic mass is 10.1. The minimum absolute atomic E-state index is 0. The quantitative estimate of drug-likeness (QED) is 0.292. The third-order valence-electron chi connectivity index (χ3n) is 4.57. The largest absolute Gasteiger partial charge is 0.488 e. The number of aliphatic imine (C=N–C) groups is 1. The summed E-state index contributed by atoms with van der Waals surface area (Å²) in [6, 6.07) is 18.3. The minimum Gasteiger partial charge on any atom is -0.488 e. The Morgan fingerprint density at radius 3 is 2.71 bits per heavy atom. The van der Waals surface area contributed by atoms with Crippen molar-refractivity contribution in [3.63, 3.8) is 0 Å². The number of imidazole rings is 1. The van der Waals surface area contributed by atoms with Gasteiger partial charge < -0.3 is 20.4 Å². The summed E-state index contributed by atoms with van der Waals surface area (Å²) in [7, 11) is 1.76. The van der Waals surface area contributed by atoms with Gasteiger partial charge in [-0.15, -0.1) is 24.0 Å². The van der Waals surface area contributed by atoms with E-state index in [4.69, 9.17) is 4.74 Å². The SMILES string of the molecule is CN=C(NCc1ncc(-c2ccccc2)[nH]1)NCC1Cc2ccccc2O1.I. The molecular formula is C21H24IN5O. The Morgan fingerprint density at radius 2 is 1.93 bits per heavy atom. The number of hydrogen-bond acceptors (Lipinski definition) is 3. The van der Waals surface area contributed by atoms with Crippen molar-refractivity contribution < 1.29 is 4.74 Å². The summed E-state index contributed by atoms with van der Waals surface area (Å²) in [5.41, 5.74) is 3.39. The highest BCUT2D eigenvalue weighted by molar-refractivity contribution is 14.0. The molecule has 146 valence electrons. The molecule has 3 aromatic rings. The zero-order chi connectivity index (χ0) is 18.5. The molecule has 0 saturated carbocycles. The van der Waals surface area contributed by atoms with Crippen LogP contribution in [-0.4, -0.2) is 35.6 Å². The van der Waals surface area contributed by atoms with Gasteiger partial charge in [0, 0.05) is 13.5 Å². The van der Waals surface area contributed by atoms with Crippen LogP contribution < -0.4 is 15.4 Å². The molecule has 1 aliphatic rings. The van der Waals surface area contributed by atoms with Crippen LogP contribution in [0.2, 0.25) is 0 Å². The molecule has 3 N–H and O–H groups in total. The highest BCUT2D eigenvalue weighted by Gasteiger charge is 2.22. The predicted octanol–water partition coefficient (Wildman–Crippen LogP) is 3.36. The standard InChI is InChI=1S/C21H23N5O.HI/c1-22-21(24-12-17-11-16-9-5-6-10-19(16)27-17)25-14-20-23-13-18(26-20)15-7-3-2-4-8-15;/h2-10,13,17H,11-12,14H2,1H3,(H,23,26)(H2,22,24,25);1H. The molecule has 0 bridgehead atoms. The van der Waals surface area contributed by atoms with Gasteiger partial charge in [-0.25, -0.2) is 4.98 Å². The van der Waals surface area contributed by atoms with E-state index < -0.39 is 0 Å². The summed E-state index contributed by atoms with van der Waals surface area (Å²) in [6.07, 6.45) is 2.89. The van der Waals surface area contributed by atoms with Gasteiger partial charge in [-0.1, -0.05) is 48.5 Å². The number of aromatic amines is 1. The topological polar surface area (TPSA) is 74.3 Å². The third kappa shape index (κ3) is 4.83. The monoisotopic (exact) mass is 489 g/mol. The van der Waals surface area contributed by atoms with Crippen molar-refractivity contribution in [3.05, 3.63) is 72.2 Å². The van der Waals surface area contributed by atoms with Gasteiger partial charge >= 0.3 is 0 Å². The molecule has 0 radical (unpaired) electrons. The van der Waals surface area contributed by atoms with Crippen molar-refractivity contribution in [3.8, 4) is 17.0 Å². The Labute approximate surface area is 181 Å². The molecule has 0 aliphatic carbocycles. The predicted molar refractivity (Wildman–Crippen MR) is 122 cm³/mol. The zero-order valence-electron chi connectivity index (χ0n) is 15.7. The molecule has 6 nitrogen and oxygen atoms in total. The maximum absolute atomic E-state index is 5.95. The normalized spacial score (nSPS) is 15.3. The Kier molecular flexibility index (Phi) is 6.91. The summed E-state index contributed by atoms with van der Waals surface area (Å²) in [5, 5.41) is 6.61. The van der Waals surface area contributed by atoms with Crippen LogP contribution in [-0.2, 0) is 13.0 Å². The van der Waals surface area contributed by atoms with Crippen molar-refractivity contribution >= 4 is 29.9 Å². The first-order valence-corrected chi connectivity index (χ1v) is 9.10. The Balaban J connectivity index is 0.00000225. The van der Waals surface area contributed by atoms with Crippen LogP contribution in [0.3, 0.4) is 0 Å². The average Bonchev–Trinajstić information content (AvgIpc) is 3.35. The van der Waals surface area contributed by atoms with Crippen LogP contribution in [0.1, 0.15) is 11.4 Å². The summed E-state index contributed by atoms with van der Waals surface area (Å²) in [6.45, 7) is 1.26. The van der Waals surface area contributed by atoms with Crippen molar-refractivity contribution in [1.29, 1.82) is 0 Å².